The lowest BCUT2D eigenvalue weighted by atomic mass is 10.1. The number of benzene rings is 1. The number of halogens is 4. The number of rotatable bonds is 3. The van der Waals surface area contributed by atoms with Gasteiger partial charge in [0, 0.05) is 10.0 Å². The summed E-state index contributed by atoms with van der Waals surface area (Å²) in [6.45, 7) is 5.41. The lowest BCUT2D eigenvalue weighted by Gasteiger charge is -2.19. The Kier molecular flexibility index (Phi) is 4.44. The maximum atomic E-state index is 13.1. The number of alkyl halides is 3. The van der Waals surface area contributed by atoms with Gasteiger partial charge < -0.3 is 5.32 Å². The van der Waals surface area contributed by atoms with Crippen molar-refractivity contribution in [3.8, 4) is 0 Å². The third-order valence-electron chi connectivity index (χ3n) is 4.07. The van der Waals surface area contributed by atoms with Crippen LogP contribution >= 0.6 is 15.9 Å². The Balaban J connectivity index is 2.07. The zero-order valence-electron chi connectivity index (χ0n) is 13.7. The van der Waals surface area contributed by atoms with Gasteiger partial charge in [-0.3, -0.25) is 0 Å². The molecule has 0 aliphatic carbocycles. The van der Waals surface area contributed by atoms with Gasteiger partial charge in [0.25, 0.3) is 5.82 Å². The molecule has 0 amide bonds. The molecular formula is C16H15BrF3N5. The van der Waals surface area contributed by atoms with E-state index >= 15 is 0 Å². The van der Waals surface area contributed by atoms with Gasteiger partial charge in [-0.05, 0) is 38.0 Å². The molecule has 25 heavy (non-hydrogen) atoms. The Morgan fingerprint density at radius 1 is 1.12 bits per heavy atom. The lowest BCUT2D eigenvalue weighted by molar-refractivity contribution is -0.146. The van der Waals surface area contributed by atoms with Gasteiger partial charge in [0.05, 0.1) is 6.04 Å². The molecule has 9 heteroatoms. The number of aromatic nitrogens is 4. The van der Waals surface area contributed by atoms with Crippen LogP contribution in [0.1, 0.15) is 35.5 Å². The fraction of sp³-hybridized carbons (Fsp3) is 0.312. The first-order valence-electron chi connectivity index (χ1n) is 7.51. The number of aryl methyl sites for hydroxylation is 1. The van der Waals surface area contributed by atoms with E-state index in [2.05, 4.69) is 36.5 Å². The molecule has 2 heterocycles. The van der Waals surface area contributed by atoms with Gasteiger partial charge in [-0.15, -0.1) is 15.3 Å². The van der Waals surface area contributed by atoms with E-state index in [1.54, 1.807) is 13.8 Å². The molecule has 0 radical (unpaired) electrons. The molecule has 0 spiro atoms. The van der Waals surface area contributed by atoms with Crippen LogP contribution in [0.15, 0.2) is 28.7 Å². The zero-order valence-corrected chi connectivity index (χ0v) is 15.3. The summed E-state index contributed by atoms with van der Waals surface area (Å²) in [7, 11) is 0. The monoisotopic (exact) mass is 413 g/mol. The molecule has 1 aromatic carbocycles. The molecule has 0 bridgehead atoms. The van der Waals surface area contributed by atoms with Crippen molar-refractivity contribution in [1.29, 1.82) is 0 Å². The predicted molar refractivity (Wildman–Crippen MR) is 91.4 cm³/mol. The Morgan fingerprint density at radius 2 is 1.80 bits per heavy atom. The molecule has 0 aliphatic rings. The second kappa shape index (κ2) is 6.29. The standard InChI is InChI=1S/C16H15BrF3N5/c1-8-9(2)14-22-23-15(16(18,19)20)25(14)24-13(8)21-10(3)11-6-4-5-7-12(11)17/h4-7,10H,1-3H3,(H,21,24). The third kappa shape index (κ3) is 3.20. The number of hydrogen-bond donors (Lipinski definition) is 1. The molecule has 0 fully saturated rings. The average Bonchev–Trinajstić information content (AvgIpc) is 2.96. The van der Waals surface area contributed by atoms with Crippen molar-refractivity contribution in [1.82, 2.24) is 19.8 Å². The van der Waals surface area contributed by atoms with E-state index in [0.29, 0.717) is 11.4 Å². The fourth-order valence-corrected chi connectivity index (χ4v) is 3.18. The van der Waals surface area contributed by atoms with E-state index in [-0.39, 0.29) is 11.7 Å². The van der Waals surface area contributed by atoms with Crippen LogP contribution in [0.25, 0.3) is 5.65 Å². The number of nitrogens with one attached hydrogen (secondary N) is 1. The van der Waals surface area contributed by atoms with Gasteiger partial charge in [0.15, 0.2) is 11.5 Å². The smallest absolute Gasteiger partial charge is 0.362 e. The zero-order chi connectivity index (χ0) is 18.4. The molecule has 0 saturated heterocycles. The van der Waals surface area contributed by atoms with E-state index in [4.69, 9.17) is 0 Å². The van der Waals surface area contributed by atoms with Crippen LogP contribution in [0.4, 0.5) is 19.0 Å². The summed E-state index contributed by atoms with van der Waals surface area (Å²) in [6.07, 6.45) is -4.63. The van der Waals surface area contributed by atoms with Crippen molar-refractivity contribution in [3.05, 3.63) is 51.3 Å². The van der Waals surface area contributed by atoms with E-state index in [0.717, 1.165) is 20.1 Å². The second-order valence-electron chi connectivity index (χ2n) is 5.74. The quantitative estimate of drug-likeness (QED) is 0.676. The normalized spacial score (nSPS) is 13.2. The van der Waals surface area contributed by atoms with Crippen molar-refractivity contribution in [2.24, 2.45) is 0 Å². The summed E-state index contributed by atoms with van der Waals surface area (Å²) in [5, 5.41) is 14.2. The van der Waals surface area contributed by atoms with Gasteiger partial charge in [-0.25, -0.2) is 0 Å². The summed E-state index contributed by atoms with van der Waals surface area (Å²) in [5.74, 6) is -0.777. The minimum absolute atomic E-state index is 0.101. The van der Waals surface area contributed by atoms with E-state index in [1.807, 2.05) is 31.2 Å². The number of fused-ring (bicyclic) bond motifs is 1. The highest BCUT2D eigenvalue weighted by molar-refractivity contribution is 9.10. The van der Waals surface area contributed by atoms with Crippen LogP contribution in [-0.4, -0.2) is 19.8 Å². The maximum Gasteiger partial charge on any atom is 0.453 e. The molecule has 3 rings (SSSR count). The van der Waals surface area contributed by atoms with Crippen LogP contribution in [0.3, 0.4) is 0 Å². The minimum atomic E-state index is -4.63. The largest absolute Gasteiger partial charge is 0.453 e. The van der Waals surface area contributed by atoms with Crippen LogP contribution < -0.4 is 5.32 Å². The number of anilines is 1. The molecule has 132 valence electrons. The Bertz CT molecular complexity index is 935. The van der Waals surface area contributed by atoms with Crippen molar-refractivity contribution in [2.75, 3.05) is 5.32 Å². The van der Waals surface area contributed by atoms with Gasteiger partial charge >= 0.3 is 6.18 Å². The summed E-state index contributed by atoms with van der Waals surface area (Å²) in [5.41, 5.74) is 2.40. The predicted octanol–water partition coefficient (Wildman–Crippen LogP) is 4.70. The summed E-state index contributed by atoms with van der Waals surface area (Å²) >= 11 is 3.48. The SMILES string of the molecule is Cc1c(NC(C)c2ccccc2Br)nn2c(C(F)(F)F)nnc2c1C. The Labute approximate surface area is 150 Å². The second-order valence-corrected chi connectivity index (χ2v) is 6.60. The van der Waals surface area contributed by atoms with Crippen molar-refractivity contribution >= 4 is 27.4 Å². The molecule has 3 aromatic rings. The lowest BCUT2D eigenvalue weighted by Crippen LogP contribution is -2.16. The summed E-state index contributed by atoms with van der Waals surface area (Å²) < 4.78 is 41.0. The van der Waals surface area contributed by atoms with Gasteiger partial charge in [-0.1, -0.05) is 34.1 Å². The number of hydrogen-bond acceptors (Lipinski definition) is 4. The molecule has 1 N–H and O–H groups in total. The van der Waals surface area contributed by atoms with Gasteiger partial charge in [-0.2, -0.15) is 17.7 Å². The molecule has 5 nitrogen and oxygen atoms in total. The Morgan fingerprint density at radius 3 is 2.44 bits per heavy atom. The number of nitrogens with zero attached hydrogens (tertiary/aromatic N) is 4. The first-order chi connectivity index (χ1) is 11.7. The highest BCUT2D eigenvalue weighted by atomic mass is 79.9. The van der Waals surface area contributed by atoms with E-state index in [1.165, 1.54) is 0 Å². The molecule has 0 saturated carbocycles. The van der Waals surface area contributed by atoms with Gasteiger partial charge in [0.2, 0.25) is 0 Å². The van der Waals surface area contributed by atoms with Crippen LogP contribution in [-0.2, 0) is 6.18 Å². The highest BCUT2D eigenvalue weighted by Crippen LogP contribution is 2.31. The third-order valence-corrected chi connectivity index (χ3v) is 4.79. The van der Waals surface area contributed by atoms with Crippen LogP contribution in [0.5, 0.6) is 0 Å². The first kappa shape index (κ1) is 17.7. The molecule has 0 aliphatic heterocycles. The van der Waals surface area contributed by atoms with Crippen molar-refractivity contribution in [2.45, 2.75) is 33.0 Å². The molecule has 2 aromatic heterocycles. The maximum absolute atomic E-state index is 13.1. The molecule has 1 atom stereocenters. The fourth-order valence-electron chi connectivity index (χ4n) is 2.55. The molecule has 1 unspecified atom stereocenters. The minimum Gasteiger partial charge on any atom is -0.362 e. The van der Waals surface area contributed by atoms with Crippen molar-refractivity contribution in [3.63, 3.8) is 0 Å². The summed E-state index contributed by atoms with van der Waals surface area (Å²) in [6, 6.07) is 7.47. The van der Waals surface area contributed by atoms with Crippen molar-refractivity contribution < 1.29 is 13.2 Å². The van der Waals surface area contributed by atoms with Gasteiger partial charge in [0.1, 0.15) is 0 Å². The summed E-state index contributed by atoms with van der Waals surface area (Å²) in [4.78, 5) is 0. The van der Waals surface area contributed by atoms with E-state index < -0.39 is 12.0 Å². The highest BCUT2D eigenvalue weighted by Gasteiger charge is 2.38. The van der Waals surface area contributed by atoms with E-state index in [9.17, 15) is 13.2 Å². The average molecular weight is 414 g/mol. The first-order valence-corrected chi connectivity index (χ1v) is 8.30. The van der Waals surface area contributed by atoms with Crippen LogP contribution in [0, 0.1) is 13.8 Å². The topological polar surface area (TPSA) is 55.1 Å². The molecular weight excluding hydrogens is 399 g/mol. The Hall–Kier alpha value is -2.16. The van der Waals surface area contributed by atoms with Crippen LogP contribution in [0.2, 0.25) is 0 Å².